The molecule has 0 saturated carbocycles. The van der Waals surface area contributed by atoms with Crippen LogP contribution in [0.1, 0.15) is 5.56 Å². The smallest absolute Gasteiger partial charge is 0.257 e. The molecule has 1 saturated heterocycles. The number of rotatable bonds is 3. The topological polar surface area (TPSA) is 124 Å². The number of amidine groups is 1. The van der Waals surface area contributed by atoms with E-state index in [1.54, 1.807) is 7.05 Å². The van der Waals surface area contributed by atoms with Crippen molar-refractivity contribution in [3.8, 4) is 0 Å². The van der Waals surface area contributed by atoms with Gasteiger partial charge in [-0.15, -0.1) is 0 Å². The summed E-state index contributed by atoms with van der Waals surface area (Å²) in [5.74, 6) is -0.172. The van der Waals surface area contributed by atoms with Crippen LogP contribution >= 0.6 is 0 Å². The van der Waals surface area contributed by atoms with E-state index in [0.717, 1.165) is 0 Å². The number of carbonyl (C=O) groups is 1. The fourth-order valence-corrected chi connectivity index (χ4v) is 1.66. The van der Waals surface area contributed by atoms with Gasteiger partial charge in [0.15, 0.2) is 11.9 Å². The highest BCUT2D eigenvalue weighted by Crippen LogP contribution is 2.15. The Morgan fingerprint density at radius 3 is 3.11 bits per heavy atom. The molecule has 2 rings (SSSR count). The van der Waals surface area contributed by atoms with E-state index in [0.29, 0.717) is 24.6 Å². The van der Waals surface area contributed by atoms with Crippen molar-refractivity contribution < 1.29 is 19.5 Å². The Balaban J connectivity index is 2.14. The molecule has 19 heavy (non-hydrogen) atoms. The SMILES string of the molecule is Cn1ncc(C(N)=NO)c1NC(=O)C1COCCO1. The second-order valence-electron chi connectivity index (χ2n) is 3.94. The first-order valence-corrected chi connectivity index (χ1v) is 5.63. The predicted molar refractivity (Wildman–Crippen MR) is 64.9 cm³/mol. The second kappa shape index (κ2) is 5.67. The summed E-state index contributed by atoms with van der Waals surface area (Å²) in [6.45, 7) is 1.05. The van der Waals surface area contributed by atoms with Gasteiger partial charge in [0.05, 0.1) is 31.6 Å². The highest BCUT2D eigenvalue weighted by atomic mass is 16.6. The lowest BCUT2D eigenvalue weighted by molar-refractivity contribution is -0.142. The minimum atomic E-state index is -0.677. The molecule has 1 amide bonds. The Morgan fingerprint density at radius 1 is 1.68 bits per heavy atom. The predicted octanol–water partition coefficient (Wildman–Crippen LogP) is -1.13. The number of hydrogen-bond acceptors (Lipinski definition) is 6. The number of aryl methyl sites for hydroxylation is 1. The maximum absolute atomic E-state index is 12.0. The molecule has 1 fully saturated rings. The fraction of sp³-hybridized carbons (Fsp3) is 0.500. The third-order valence-electron chi connectivity index (χ3n) is 2.67. The lowest BCUT2D eigenvalue weighted by Crippen LogP contribution is -2.39. The van der Waals surface area contributed by atoms with Gasteiger partial charge in [-0.3, -0.25) is 9.48 Å². The summed E-state index contributed by atoms with van der Waals surface area (Å²) < 4.78 is 11.8. The number of oxime groups is 1. The molecular weight excluding hydrogens is 254 g/mol. The van der Waals surface area contributed by atoms with Crippen LogP contribution < -0.4 is 11.1 Å². The molecule has 1 atom stereocenters. The highest BCUT2D eigenvalue weighted by molar-refractivity contribution is 6.05. The second-order valence-corrected chi connectivity index (χ2v) is 3.94. The average molecular weight is 269 g/mol. The molecule has 1 aliphatic rings. The van der Waals surface area contributed by atoms with Crippen molar-refractivity contribution in [3.63, 3.8) is 0 Å². The van der Waals surface area contributed by atoms with Crippen molar-refractivity contribution in [1.29, 1.82) is 0 Å². The van der Waals surface area contributed by atoms with Gasteiger partial charge in [-0.1, -0.05) is 5.16 Å². The Bertz CT molecular complexity index is 492. The lowest BCUT2D eigenvalue weighted by atomic mass is 10.2. The molecule has 4 N–H and O–H groups in total. The summed E-state index contributed by atoms with van der Waals surface area (Å²) in [7, 11) is 1.63. The summed E-state index contributed by atoms with van der Waals surface area (Å²) in [5.41, 5.74) is 5.83. The molecule has 1 unspecified atom stereocenters. The third-order valence-corrected chi connectivity index (χ3v) is 2.67. The van der Waals surface area contributed by atoms with Crippen LogP contribution in [0.4, 0.5) is 5.82 Å². The van der Waals surface area contributed by atoms with Crippen LogP contribution in [0.2, 0.25) is 0 Å². The number of nitrogens with zero attached hydrogens (tertiary/aromatic N) is 3. The zero-order valence-electron chi connectivity index (χ0n) is 10.4. The van der Waals surface area contributed by atoms with E-state index in [9.17, 15) is 4.79 Å². The maximum Gasteiger partial charge on any atom is 0.257 e. The zero-order chi connectivity index (χ0) is 13.8. The van der Waals surface area contributed by atoms with Crippen LogP contribution in [0.3, 0.4) is 0 Å². The lowest BCUT2D eigenvalue weighted by Gasteiger charge is -2.22. The zero-order valence-corrected chi connectivity index (χ0v) is 10.4. The molecule has 9 nitrogen and oxygen atoms in total. The van der Waals surface area contributed by atoms with Gasteiger partial charge in [0.25, 0.3) is 5.91 Å². The van der Waals surface area contributed by atoms with Gasteiger partial charge in [0.1, 0.15) is 5.82 Å². The molecule has 0 radical (unpaired) electrons. The van der Waals surface area contributed by atoms with Crippen molar-refractivity contribution >= 4 is 17.6 Å². The van der Waals surface area contributed by atoms with E-state index in [-0.39, 0.29) is 18.3 Å². The molecule has 9 heteroatoms. The van der Waals surface area contributed by atoms with Crippen molar-refractivity contribution in [2.24, 2.45) is 17.9 Å². The summed E-state index contributed by atoms with van der Waals surface area (Å²) >= 11 is 0. The van der Waals surface area contributed by atoms with Crippen LogP contribution in [-0.4, -0.2) is 52.7 Å². The largest absolute Gasteiger partial charge is 0.409 e. The summed E-state index contributed by atoms with van der Waals surface area (Å²) in [5, 5.41) is 18.1. The van der Waals surface area contributed by atoms with Gasteiger partial charge in [0.2, 0.25) is 0 Å². The molecule has 0 spiro atoms. The Labute approximate surface area is 109 Å². The van der Waals surface area contributed by atoms with Crippen LogP contribution in [0.25, 0.3) is 0 Å². The summed E-state index contributed by atoms with van der Waals surface area (Å²) in [4.78, 5) is 12.0. The number of aromatic nitrogens is 2. The number of anilines is 1. The van der Waals surface area contributed by atoms with Gasteiger partial charge >= 0.3 is 0 Å². The molecule has 0 aromatic carbocycles. The number of amides is 1. The standard InChI is InChI=1S/C10H15N5O4/c1-15-9(6(4-12-15)8(11)14-17)13-10(16)7-5-18-2-3-19-7/h4,7,17H,2-3,5H2,1H3,(H2,11,14)(H,13,16). The quantitative estimate of drug-likeness (QED) is 0.276. The molecular formula is C10H15N5O4. The molecule has 0 aliphatic carbocycles. The monoisotopic (exact) mass is 269 g/mol. The highest BCUT2D eigenvalue weighted by Gasteiger charge is 2.25. The maximum atomic E-state index is 12.0. The number of ether oxygens (including phenoxy) is 2. The van der Waals surface area contributed by atoms with Gasteiger partial charge in [-0.25, -0.2) is 0 Å². The van der Waals surface area contributed by atoms with E-state index in [2.05, 4.69) is 15.6 Å². The van der Waals surface area contributed by atoms with Crippen LogP contribution in [-0.2, 0) is 21.3 Å². The first-order chi connectivity index (χ1) is 9.13. The van der Waals surface area contributed by atoms with E-state index < -0.39 is 6.10 Å². The number of nitrogens with two attached hydrogens (primary N) is 1. The molecule has 1 aromatic heterocycles. The number of carbonyl (C=O) groups excluding carboxylic acids is 1. The first kappa shape index (κ1) is 13.3. The normalized spacial score (nSPS) is 20.3. The minimum Gasteiger partial charge on any atom is -0.409 e. The van der Waals surface area contributed by atoms with Crippen molar-refractivity contribution in [1.82, 2.24) is 9.78 Å². The Kier molecular flexibility index (Phi) is 3.97. The van der Waals surface area contributed by atoms with Crippen LogP contribution in [0.5, 0.6) is 0 Å². The van der Waals surface area contributed by atoms with Crippen molar-refractivity contribution in [3.05, 3.63) is 11.8 Å². The molecule has 2 heterocycles. The summed E-state index contributed by atoms with van der Waals surface area (Å²) in [6, 6.07) is 0. The molecule has 104 valence electrons. The third kappa shape index (κ3) is 2.83. The van der Waals surface area contributed by atoms with E-state index in [4.69, 9.17) is 20.4 Å². The summed E-state index contributed by atoms with van der Waals surface area (Å²) in [6.07, 6.45) is 0.715. The fourth-order valence-electron chi connectivity index (χ4n) is 1.66. The average Bonchev–Trinajstić information content (AvgIpc) is 2.80. The van der Waals surface area contributed by atoms with Gasteiger partial charge < -0.3 is 25.7 Å². The number of nitrogens with one attached hydrogen (secondary N) is 1. The minimum absolute atomic E-state index is 0.135. The van der Waals surface area contributed by atoms with Gasteiger partial charge in [-0.2, -0.15) is 5.10 Å². The van der Waals surface area contributed by atoms with E-state index in [1.807, 2.05) is 0 Å². The molecule has 1 aliphatic heterocycles. The van der Waals surface area contributed by atoms with E-state index in [1.165, 1.54) is 10.9 Å². The number of hydrogen-bond donors (Lipinski definition) is 3. The van der Waals surface area contributed by atoms with Crippen LogP contribution in [0, 0.1) is 0 Å². The van der Waals surface area contributed by atoms with E-state index >= 15 is 0 Å². The Morgan fingerprint density at radius 2 is 2.47 bits per heavy atom. The molecule has 0 bridgehead atoms. The Hall–Kier alpha value is -2.13. The van der Waals surface area contributed by atoms with Crippen molar-refractivity contribution in [2.45, 2.75) is 6.10 Å². The van der Waals surface area contributed by atoms with Crippen molar-refractivity contribution in [2.75, 3.05) is 25.1 Å². The van der Waals surface area contributed by atoms with Crippen LogP contribution in [0.15, 0.2) is 11.4 Å². The first-order valence-electron chi connectivity index (χ1n) is 5.63. The molecule has 1 aromatic rings. The van der Waals surface area contributed by atoms with Gasteiger partial charge in [0, 0.05) is 7.05 Å². The van der Waals surface area contributed by atoms with Gasteiger partial charge in [-0.05, 0) is 0 Å².